The SMILES string of the molecule is CCCc1nccn1C1CCCC(C#N)(NC2CC2)C1. The van der Waals surface area contributed by atoms with E-state index < -0.39 is 0 Å². The monoisotopic (exact) mass is 272 g/mol. The molecule has 20 heavy (non-hydrogen) atoms. The number of aryl methyl sites for hydroxylation is 1. The molecule has 4 nitrogen and oxygen atoms in total. The van der Waals surface area contributed by atoms with Gasteiger partial charge in [0, 0.05) is 30.9 Å². The summed E-state index contributed by atoms with van der Waals surface area (Å²) in [5.74, 6) is 1.18. The van der Waals surface area contributed by atoms with E-state index in [0.717, 1.165) is 32.1 Å². The van der Waals surface area contributed by atoms with Crippen molar-refractivity contribution in [3.63, 3.8) is 0 Å². The van der Waals surface area contributed by atoms with Crippen LogP contribution in [0.3, 0.4) is 0 Å². The quantitative estimate of drug-likeness (QED) is 0.896. The first-order valence-corrected chi connectivity index (χ1v) is 7.97. The second kappa shape index (κ2) is 5.57. The van der Waals surface area contributed by atoms with Gasteiger partial charge in [-0.15, -0.1) is 0 Å². The van der Waals surface area contributed by atoms with E-state index in [1.165, 1.54) is 25.1 Å². The molecular weight excluding hydrogens is 248 g/mol. The number of nitrogens with one attached hydrogen (secondary N) is 1. The highest BCUT2D eigenvalue weighted by Gasteiger charge is 2.41. The van der Waals surface area contributed by atoms with Crippen LogP contribution < -0.4 is 5.32 Å². The molecule has 2 aliphatic carbocycles. The highest BCUT2D eigenvalue weighted by Crippen LogP contribution is 2.38. The lowest BCUT2D eigenvalue weighted by molar-refractivity contribution is 0.226. The number of imidazole rings is 1. The van der Waals surface area contributed by atoms with E-state index in [1.807, 2.05) is 6.20 Å². The van der Waals surface area contributed by atoms with Gasteiger partial charge in [0.25, 0.3) is 0 Å². The molecule has 1 N–H and O–H groups in total. The third-order valence-corrected chi connectivity index (χ3v) is 4.61. The Kier molecular flexibility index (Phi) is 3.80. The molecule has 2 atom stereocenters. The first kappa shape index (κ1) is 13.6. The standard InChI is InChI=1S/C16H24N4/c1-2-4-15-18-9-10-20(15)14-5-3-8-16(11-14,12-17)19-13-6-7-13/h9-10,13-14,19H,2-8,11H2,1H3. The van der Waals surface area contributed by atoms with Crippen molar-refractivity contribution in [1.29, 1.82) is 5.26 Å². The largest absolute Gasteiger partial charge is 0.332 e. The predicted octanol–water partition coefficient (Wildman–Crippen LogP) is 2.97. The summed E-state index contributed by atoms with van der Waals surface area (Å²) in [7, 11) is 0. The average Bonchev–Trinajstić information content (AvgIpc) is 3.15. The van der Waals surface area contributed by atoms with Gasteiger partial charge in [-0.3, -0.25) is 5.32 Å². The molecule has 2 aliphatic rings. The Labute approximate surface area is 121 Å². The summed E-state index contributed by atoms with van der Waals surface area (Å²) in [6.45, 7) is 2.19. The van der Waals surface area contributed by atoms with E-state index in [9.17, 15) is 5.26 Å². The molecule has 0 spiro atoms. The third kappa shape index (κ3) is 2.73. The van der Waals surface area contributed by atoms with Gasteiger partial charge in [0.05, 0.1) is 6.07 Å². The fourth-order valence-corrected chi connectivity index (χ4v) is 3.46. The zero-order valence-electron chi connectivity index (χ0n) is 12.3. The molecule has 0 amide bonds. The van der Waals surface area contributed by atoms with Crippen molar-refractivity contribution in [1.82, 2.24) is 14.9 Å². The van der Waals surface area contributed by atoms with Gasteiger partial charge in [-0.25, -0.2) is 4.98 Å². The van der Waals surface area contributed by atoms with Crippen molar-refractivity contribution < 1.29 is 0 Å². The molecule has 0 aliphatic heterocycles. The van der Waals surface area contributed by atoms with E-state index in [4.69, 9.17) is 0 Å². The van der Waals surface area contributed by atoms with E-state index >= 15 is 0 Å². The number of nitrogens with zero attached hydrogens (tertiary/aromatic N) is 3. The maximum absolute atomic E-state index is 9.67. The molecule has 1 aromatic rings. The van der Waals surface area contributed by atoms with Crippen molar-refractivity contribution in [2.75, 3.05) is 0 Å². The Balaban J connectivity index is 1.76. The fraction of sp³-hybridized carbons (Fsp3) is 0.750. The number of nitriles is 1. The molecule has 1 heterocycles. The summed E-state index contributed by atoms with van der Waals surface area (Å²) in [4.78, 5) is 4.49. The molecule has 0 aromatic carbocycles. The third-order valence-electron chi connectivity index (χ3n) is 4.61. The lowest BCUT2D eigenvalue weighted by Gasteiger charge is -2.37. The van der Waals surface area contributed by atoms with Gasteiger partial charge in [0.1, 0.15) is 11.4 Å². The normalized spacial score (nSPS) is 30.1. The van der Waals surface area contributed by atoms with Crippen LogP contribution in [0, 0.1) is 11.3 Å². The van der Waals surface area contributed by atoms with Gasteiger partial charge in [0.2, 0.25) is 0 Å². The van der Waals surface area contributed by atoms with Crippen LogP contribution in [0.5, 0.6) is 0 Å². The molecular formula is C16H24N4. The number of aromatic nitrogens is 2. The zero-order chi connectivity index (χ0) is 14.0. The van der Waals surface area contributed by atoms with Crippen LogP contribution in [0.4, 0.5) is 0 Å². The lowest BCUT2D eigenvalue weighted by Crippen LogP contribution is -2.49. The summed E-state index contributed by atoms with van der Waals surface area (Å²) in [6, 6.07) is 3.61. The smallest absolute Gasteiger partial charge is 0.108 e. The van der Waals surface area contributed by atoms with Crippen LogP contribution in [0.2, 0.25) is 0 Å². The minimum absolute atomic E-state index is 0.308. The lowest BCUT2D eigenvalue weighted by atomic mass is 9.79. The van der Waals surface area contributed by atoms with Gasteiger partial charge in [-0.05, 0) is 44.9 Å². The molecule has 2 saturated carbocycles. The maximum atomic E-state index is 9.67. The summed E-state index contributed by atoms with van der Waals surface area (Å²) in [5, 5.41) is 13.3. The first-order chi connectivity index (χ1) is 9.76. The van der Waals surface area contributed by atoms with Crippen LogP contribution in [0.1, 0.15) is 63.7 Å². The molecule has 0 saturated heterocycles. The molecule has 4 heteroatoms. The Morgan fingerprint density at radius 3 is 3.05 bits per heavy atom. The van der Waals surface area contributed by atoms with Crippen molar-refractivity contribution in [3.05, 3.63) is 18.2 Å². The second-order valence-electron chi connectivity index (χ2n) is 6.36. The summed E-state index contributed by atoms with van der Waals surface area (Å²) in [6.07, 6.45) is 12.8. The van der Waals surface area contributed by atoms with Crippen LogP contribution in [-0.2, 0) is 6.42 Å². The van der Waals surface area contributed by atoms with Crippen molar-refractivity contribution in [2.24, 2.45) is 0 Å². The minimum Gasteiger partial charge on any atom is -0.332 e. The topological polar surface area (TPSA) is 53.6 Å². The van der Waals surface area contributed by atoms with Crippen LogP contribution in [0.15, 0.2) is 12.4 Å². The summed E-state index contributed by atoms with van der Waals surface area (Å²) < 4.78 is 2.32. The highest BCUT2D eigenvalue weighted by molar-refractivity contribution is 5.14. The predicted molar refractivity (Wildman–Crippen MR) is 78.2 cm³/mol. The van der Waals surface area contributed by atoms with E-state index in [1.54, 1.807) is 0 Å². The van der Waals surface area contributed by atoms with E-state index in [0.29, 0.717) is 12.1 Å². The minimum atomic E-state index is -0.308. The Hall–Kier alpha value is -1.34. The second-order valence-corrected chi connectivity index (χ2v) is 6.36. The van der Waals surface area contributed by atoms with Gasteiger partial charge in [-0.1, -0.05) is 6.92 Å². The Morgan fingerprint density at radius 2 is 2.35 bits per heavy atom. The molecule has 2 unspecified atom stereocenters. The molecule has 1 aromatic heterocycles. The fourth-order valence-electron chi connectivity index (χ4n) is 3.46. The van der Waals surface area contributed by atoms with E-state index in [-0.39, 0.29) is 5.54 Å². The van der Waals surface area contributed by atoms with Crippen LogP contribution in [0.25, 0.3) is 0 Å². The van der Waals surface area contributed by atoms with Gasteiger partial charge < -0.3 is 4.57 Å². The maximum Gasteiger partial charge on any atom is 0.108 e. The van der Waals surface area contributed by atoms with Crippen molar-refractivity contribution >= 4 is 0 Å². The Morgan fingerprint density at radius 1 is 1.50 bits per heavy atom. The van der Waals surface area contributed by atoms with Crippen molar-refractivity contribution in [2.45, 2.75) is 75.9 Å². The van der Waals surface area contributed by atoms with Gasteiger partial charge >= 0.3 is 0 Å². The molecule has 108 valence electrons. The van der Waals surface area contributed by atoms with E-state index in [2.05, 4.69) is 34.1 Å². The summed E-state index contributed by atoms with van der Waals surface area (Å²) in [5.41, 5.74) is -0.308. The number of rotatable bonds is 5. The zero-order valence-corrected chi connectivity index (χ0v) is 12.3. The van der Waals surface area contributed by atoms with Crippen molar-refractivity contribution in [3.8, 4) is 6.07 Å². The van der Waals surface area contributed by atoms with Gasteiger partial charge in [0.15, 0.2) is 0 Å². The Bertz CT molecular complexity index is 497. The molecule has 3 rings (SSSR count). The first-order valence-electron chi connectivity index (χ1n) is 7.97. The molecule has 0 radical (unpaired) electrons. The van der Waals surface area contributed by atoms with Crippen LogP contribution >= 0.6 is 0 Å². The average molecular weight is 272 g/mol. The number of hydrogen-bond acceptors (Lipinski definition) is 3. The summed E-state index contributed by atoms with van der Waals surface area (Å²) >= 11 is 0. The van der Waals surface area contributed by atoms with Gasteiger partial charge in [-0.2, -0.15) is 5.26 Å². The highest BCUT2D eigenvalue weighted by atomic mass is 15.1. The molecule has 2 fully saturated rings. The van der Waals surface area contributed by atoms with Crippen LogP contribution in [-0.4, -0.2) is 21.1 Å². The number of hydrogen-bond donors (Lipinski definition) is 1. The molecule has 0 bridgehead atoms.